The summed E-state index contributed by atoms with van der Waals surface area (Å²) < 4.78 is 5.60. The third-order valence-corrected chi connectivity index (χ3v) is 6.36. The second-order valence-corrected chi connectivity index (χ2v) is 8.37. The molecule has 5 rings (SSSR count). The quantitative estimate of drug-likeness (QED) is 0.620. The van der Waals surface area contributed by atoms with Gasteiger partial charge in [0.05, 0.1) is 17.6 Å². The fourth-order valence-electron chi connectivity index (χ4n) is 4.31. The highest BCUT2D eigenvalue weighted by Crippen LogP contribution is 2.50. The van der Waals surface area contributed by atoms with E-state index in [0.717, 1.165) is 53.0 Å². The van der Waals surface area contributed by atoms with Crippen molar-refractivity contribution in [2.75, 3.05) is 11.9 Å². The Morgan fingerprint density at radius 3 is 2.48 bits per heavy atom. The molecule has 0 atom stereocenters. The van der Waals surface area contributed by atoms with E-state index in [1.54, 1.807) is 24.3 Å². The van der Waals surface area contributed by atoms with Crippen molar-refractivity contribution in [3.63, 3.8) is 0 Å². The van der Waals surface area contributed by atoms with E-state index in [-0.39, 0.29) is 11.5 Å². The lowest BCUT2D eigenvalue weighted by molar-refractivity contribution is -0.118. The Balaban J connectivity index is 1.39. The number of ether oxygens (including phenoxy) is 1. The van der Waals surface area contributed by atoms with Crippen LogP contribution in [0.1, 0.15) is 39.9 Å². The van der Waals surface area contributed by atoms with Crippen molar-refractivity contribution in [1.82, 2.24) is 0 Å². The van der Waals surface area contributed by atoms with Gasteiger partial charge in [-0.3, -0.25) is 4.79 Å². The summed E-state index contributed by atoms with van der Waals surface area (Å²) in [6, 6.07) is 18.8. The second-order valence-electron chi connectivity index (χ2n) is 8.37. The van der Waals surface area contributed by atoms with Crippen LogP contribution in [-0.2, 0) is 16.6 Å². The molecular formula is C26H23NO4. The monoisotopic (exact) mass is 413 g/mol. The van der Waals surface area contributed by atoms with Gasteiger partial charge in [-0.05, 0) is 77.9 Å². The van der Waals surface area contributed by atoms with Crippen LogP contribution in [0.25, 0.3) is 11.1 Å². The standard InChI is InChI=1S/C26H23NO4/c1-16-2-8-21(15-22(16)17-3-5-18(6-4-17)24(28)29)27-25(30)26(11-12-26)20-7-9-23-19(14-20)10-13-31-23/h2-9,14-15H,10-13H2,1H3,(H,27,30)(H,28,29). The number of hydrogen-bond donors (Lipinski definition) is 2. The van der Waals surface area contributed by atoms with Crippen LogP contribution in [0.2, 0.25) is 0 Å². The highest BCUT2D eigenvalue weighted by molar-refractivity contribution is 6.02. The fourth-order valence-corrected chi connectivity index (χ4v) is 4.31. The molecule has 1 fully saturated rings. The number of amides is 1. The molecule has 2 aliphatic rings. The first-order valence-corrected chi connectivity index (χ1v) is 10.5. The van der Waals surface area contributed by atoms with Crippen LogP contribution >= 0.6 is 0 Å². The Bertz CT molecular complexity index is 1190. The number of aryl methyl sites for hydroxylation is 1. The molecule has 0 radical (unpaired) electrons. The van der Waals surface area contributed by atoms with Gasteiger partial charge in [0.25, 0.3) is 0 Å². The van der Waals surface area contributed by atoms with Gasteiger partial charge in [0.1, 0.15) is 5.75 Å². The minimum absolute atomic E-state index is 0.0161. The number of aromatic carboxylic acids is 1. The molecule has 1 amide bonds. The minimum Gasteiger partial charge on any atom is -0.493 e. The van der Waals surface area contributed by atoms with E-state index in [2.05, 4.69) is 11.4 Å². The number of carboxylic acids is 1. The summed E-state index contributed by atoms with van der Waals surface area (Å²) in [6.45, 7) is 2.71. The summed E-state index contributed by atoms with van der Waals surface area (Å²) in [4.78, 5) is 24.4. The van der Waals surface area contributed by atoms with Gasteiger partial charge < -0.3 is 15.2 Å². The predicted octanol–water partition coefficient (Wildman–Crippen LogP) is 4.97. The van der Waals surface area contributed by atoms with Crippen LogP contribution < -0.4 is 10.1 Å². The third kappa shape index (κ3) is 3.46. The number of carbonyl (C=O) groups is 2. The summed E-state index contributed by atoms with van der Waals surface area (Å²) in [5, 5.41) is 12.2. The average molecular weight is 413 g/mol. The summed E-state index contributed by atoms with van der Waals surface area (Å²) >= 11 is 0. The molecule has 31 heavy (non-hydrogen) atoms. The lowest BCUT2D eigenvalue weighted by Gasteiger charge is -2.18. The van der Waals surface area contributed by atoms with Gasteiger partial charge in [0.2, 0.25) is 5.91 Å². The molecule has 1 saturated carbocycles. The maximum atomic E-state index is 13.2. The van der Waals surface area contributed by atoms with Crippen molar-refractivity contribution in [1.29, 1.82) is 0 Å². The smallest absolute Gasteiger partial charge is 0.335 e. The predicted molar refractivity (Wildman–Crippen MR) is 119 cm³/mol. The average Bonchev–Trinajstić information content (AvgIpc) is 3.46. The van der Waals surface area contributed by atoms with E-state index in [0.29, 0.717) is 6.61 Å². The highest BCUT2D eigenvalue weighted by Gasteiger charge is 2.51. The van der Waals surface area contributed by atoms with Gasteiger partial charge in [0.15, 0.2) is 0 Å². The van der Waals surface area contributed by atoms with E-state index in [1.165, 1.54) is 5.56 Å². The first kappa shape index (κ1) is 19.4. The molecule has 0 aromatic heterocycles. The summed E-state index contributed by atoms with van der Waals surface area (Å²) in [6.07, 6.45) is 2.57. The number of anilines is 1. The number of rotatable bonds is 5. The van der Waals surface area contributed by atoms with E-state index in [4.69, 9.17) is 9.84 Å². The molecule has 1 aliphatic heterocycles. The molecule has 5 heteroatoms. The van der Waals surface area contributed by atoms with Crippen LogP contribution in [-0.4, -0.2) is 23.6 Å². The zero-order chi connectivity index (χ0) is 21.6. The Kier molecular flexibility index (Phi) is 4.54. The third-order valence-electron chi connectivity index (χ3n) is 6.36. The van der Waals surface area contributed by atoms with E-state index >= 15 is 0 Å². The molecule has 1 heterocycles. The number of nitrogens with one attached hydrogen (secondary N) is 1. The van der Waals surface area contributed by atoms with Gasteiger partial charge >= 0.3 is 5.97 Å². The van der Waals surface area contributed by atoms with Crippen LogP contribution in [0.15, 0.2) is 60.7 Å². The van der Waals surface area contributed by atoms with Crippen molar-refractivity contribution in [2.24, 2.45) is 0 Å². The molecule has 0 bridgehead atoms. The molecule has 3 aromatic rings. The van der Waals surface area contributed by atoms with E-state index in [9.17, 15) is 9.59 Å². The molecule has 0 unspecified atom stereocenters. The molecule has 5 nitrogen and oxygen atoms in total. The largest absolute Gasteiger partial charge is 0.493 e. The topological polar surface area (TPSA) is 75.6 Å². The van der Waals surface area contributed by atoms with Crippen molar-refractivity contribution in [3.8, 4) is 16.9 Å². The number of benzene rings is 3. The van der Waals surface area contributed by atoms with E-state index < -0.39 is 11.4 Å². The van der Waals surface area contributed by atoms with Crippen molar-refractivity contribution >= 4 is 17.6 Å². The number of fused-ring (bicyclic) bond motifs is 1. The van der Waals surface area contributed by atoms with Gasteiger partial charge in [0, 0.05) is 12.1 Å². The SMILES string of the molecule is Cc1ccc(NC(=O)C2(c3ccc4c(c3)CCO4)CC2)cc1-c1ccc(C(=O)O)cc1. The Morgan fingerprint density at radius 1 is 1.00 bits per heavy atom. The highest BCUT2D eigenvalue weighted by atomic mass is 16.5. The van der Waals surface area contributed by atoms with Crippen molar-refractivity contribution in [3.05, 3.63) is 82.9 Å². The summed E-state index contributed by atoms with van der Waals surface area (Å²) in [7, 11) is 0. The molecule has 1 aliphatic carbocycles. The molecule has 0 spiro atoms. The maximum absolute atomic E-state index is 13.2. The fraction of sp³-hybridized carbons (Fsp3) is 0.231. The maximum Gasteiger partial charge on any atom is 0.335 e. The summed E-state index contributed by atoms with van der Waals surface area (Å²) in [5.74, 6) is -0.00317. The lowest BCUT2D eigenvalue weighted by atomic mass is 9.92. The lowest BCUT2D eigenvalue weighted by Crippen LogP contribution is -2.27. The number of carboxylic acid groups (broad SMARTS) is 1. The Morgan fingerprint density at radius 2 is 1.77 bits per heavy atom. The zero-order valence-electron chi connectivity index (χ0n) is 17.3. The normalized spacial score (nSPS) is 15.6. The summed E-state index contributed by atoms with van der Waals surface area (Å²) in [5.41, 5.74) is 5.70. The Labute approximate surface area is 180 Å². The number of hydrogen-bond acceptors (Lipinski definition) is 3. The van der Waals surface area contributed by atoms with Gasteiger partial charge in [-0.2, -0.15) is 0 Å². The van der Waals surface area contributed by atoms with Gasteiger partial charge in [-0.1, -0.05) is 30.3 Å². The first-order valence-electron chi connectivity index (χ1n) is 10.5. The van der Waals surface area contributed by atoms with E-state index in [1.807, 2.05) is 37.3 Å². The van der Waals surface area contributed by atoms with Crippen molar-refractivity contribution in [2.45, 2.75) is 31.6 Å². The first-order chi connectivity index (χ1) is 15.0. The van der Waals surface area contributed by atoms with Crippen LogP contribution in [0, 0.1) is 6.92 Å². The Hall–Kier alpha value is -3.60. The molecule has 156 valence electrons. The van der Waals surface area contributed by atoms with Gasteiger partial charge in [-0.15, -0.1) is 0 Å². The van der Waals surface area contributed by atoms with Crippen molar-refractivity contribution < 1.29 is 19.4 Å². The van der Waals surface area contributed by atoms with Gasteiger partial charge in [-0.25, -0.2) is 4.79 Å². The molecule has 0 saturated heterocycles. The minimum atomic E-state index is -0.947. The van der Waals surface area contributed by atoms with Crippen LogP contribution in [0.4, 0.5) is 5.69 Å². The number of carbonyl (C=O) groups excluding carboxylic acids is 1. The molecule has 3 aromatic carbocycles. The molecular weight excluding hydrogens is 390 g/mol. The zero-order valence-corrected chi connectivity index (χ0v) is 17.3. The second kappa shape index (κ2) is 7.27. The van der Waals surface area contributed by atoms with Crippen LogP contribution in [0.5, 0.6) is 5.75 Å². The molecule has 2 N–H and O–H groups in total. The van der Waals surface area contributed by atoms with Crippen LogP contribution in [0.3, 0.4) is 0 Å².